The van der Waals surface area contributed by atoms with Gasteiger partial charge in [0.15, 0.2) is 5.13 Å². The summed E-state index contributed by atoms with van der Waals surface area (Å²) in [5.41, 5.74) is 4.12. The molecule has 0 bridgehead atoms. The van der Waals surface area contributed by atoms with Gasteiger partial charge in [0.2, 0.25) is 0 Å². The Morgan fingerprint density at radius 2 is 1.89 bits per heavy atom. The van der Waals surface area contributed by atoms with E-state index >= 15 is 0 Å². The number of carbonyl (C=O) groups excluding carboxylic acids is 1. The van der Waals surface area contributed by atoms with Crippen LogP contribution in [-0.2, 0) is 11.2 Å². The molecule has 4 aromatic rings. The number of piperazine rings is 1. The van der Waals surface area contributed by atoms with Gasteiger partial charge in [0.1, 0.15) is 11.5 Å². The minimum atomic E-state index is -0.330. The molecule has 192 valence electrons. The van der Waals surface area contributed by atoms with Gasteiger partial charge >= 0.3 is 5.97 Å². The van der Waals surface area contributed by atoms with Crippen LogP contribution in [-0.4, -0.2) is 60.8 Å². The number of thiazole rings is 1. The average molecular weight is 558 g/mol. The molecule has 2 aromatic heterocycles. The van der Waals surface area contributed by atoms with Gasteiger partial charge in [0, 0.05) is 49.8 Å². The standard InChI is InChI=1S/C27H26Cl2N4O3S/c1-35-26(34)17-7-8-21-22(15-17)37-27(30-21)33-13-11-32(12-14-33)10-9-18-24(31-36-25(18)16-5-6-16)23-19(28)3-2-4-20(23)29/h2-4,7-8,15-16H,5-6,9-14H2,1H3. The Hall–Kier alpha value is -2.65. The van der Waals surface area contributed by atoms with Crippen LogP contribution >= 0.6 is 34.5 Å². The molecule has 37 heavy (non-hydrogen) atoms. The monoisotopic (exact) mass is 556 g/mol. The van der Waals surface area contributed by atoms with Gasteiger partial charge in [-0.05, 0) is 49.6 Å². The first-order valence-electron chi connectivity index (χ1n) is 12.4. The van der Waals surface area contributed by atoms with Gasteiger partial charge in [-0.2, -0.15) is 0 Å². The summed E-state index contributed by atoms with van der Waals surface area (Å²) in [7, 11) is 1.40. The van der Waals surface area contributed by atoms with Gasteiger partial charge < -0.3 is 14.2 Å². The highest BCUT2D eigenvalue weighted by atomic mass is 35.5. The molecule has 1 aliphatic heterocycles. The van der Waals surface area contributed by atoms with Crippen molar-refractivity contribution in [2.24, 2.45) is 0 Å². The Kier molecular flexibility index (Phi) is 6.84. The number of hydrogen-bond acceptors (Lipinski definition) is 8. The zero-order valence-corrected chi connectivity index (χ0v) is 22.7. The van der Waals surface area contributed by atoms with Crippen LogP contribution in [0.1, 0.15) is 40.4 Å². The second kappa shape index (κ2) is 10.3. The second-order valence-corrected chi connectivity index (χ2v) is 11.3. The van der Waals surface area contributed by atoms with Crippen LogP contribution in [0.2, 0.25) is 10.0 Å². The van der Waals surface area contributed by atoms with Crippen molar-refractivity contribution >= 4 is 55.9 Å². The Labute approximate surface area is 228 Å². The SMILES string of the molecule is COC(=O)c1ccc2nc(N3CCN(CCc4c(-c5c(Cl)cccc5Cl)noc4C4CC4)CC3)sc2c1. The molecule has 0 amide bonds. The number of rotatable bonds is 7. The number of fused-ring (bicyclic) bond motifs is 1. The molecule has 0 radical (unpaired) electrons. The minimum absolute atomic E-state index is 0.330. The number of halogens is 2. The predicted octanol–water partition coefficient (Wildman–Crippen LogP) is 6.29. The summed E-state index contributed by atoms with van der Waals surface area (Å²) in [5, 5.41) is 6.59. The molecule has 6 rings (SSSR count). The van der Waals surface area contributed by atoms with E-state index in [-0.39, 0.29) is 5.97 Å². The van der Waals surface area contributed by atoms with Crippen LogP contribution in [0.25, 0.3) is 21.5 Å². The number of hydrogen-bond donors (Lipinski definition) is 0. The van der Waals surface area contributed by atoms with Gasteiger partial charge in [0.25, 0.3) is 0 Å². The third kappa shape index (κ3) is 4.95. The molecule has 0 unspecified atom stereocenters. The van der Waals surface area contributed by atoms with Gasteiger partial charge in [-0.3, -0.25) is 4.90 Å². The number of aromatic nitrogens is 2. The Morgan fingerprint density at radius 3 is 2.59 bits per heavy atom. The lowest BCUT2D eigenvalue weighted by molar-refractivity contribution is 0.0601. The summed E-state index contributed by atoms with van der Waals surface area (Å²) in [5.74, 6) is 1.11. The van der Waals surface area contributed by atoms with Crippen molar-refractivity contribution in [2.45, 2.75) is 25.2 Å². The van der Waals surface area contributed by atoms with Crippen molar-refractivity contribution in [1.82, 2.24) is 15.0 Å². The smallest absolute Gasteiger partial charge is 0.337 e. The minimum Gasteiger partial charge on any atom is -0.465 e. The van der Waals surface area contributed by atoms with Crippen LogP contribution in [0.3, 0.4) is 0 Å². The van der Waals surface area contributed by atoms with Crippen molar-refractivity contribution in [3.05, 3.63) is 63.3 Å². The third-order valence-corrected chi connectivity index (χ3v) is 8.79. The number of benzene rings is 2. The van der Waals surface area contributed by atoms with Crippen molar-refractivity contribution in [2.75, 3.05) is 44.7 Å². The number of esters is 1. The second-order valence-electron chi connectivity index (χ2n) is 9.49. The van der Waals surface area contributed by atoms with Gasteiger partial charge in [-0.15, -0.1) is 0 Å². The summed E-state index contributed by atoms with van der Waals surface area (Å²) in [6, 6.07) is 11.0. The summed E-state index contributed by atoms with van der Waals surface area (Å²) < 4.78 is 11.7. The summed E-state index contributed by atoms with van der Waals surface area (Å²) >= 11 is 14.6. The maximum atomic E-state index is 11.9. The van der Waals surface area contributed by atoms with Crippen LogP contribution in [0.15, 0.2) is 40.9 Å². The Balaban J connectivity index is 1.13. The number of carbonyl (C=O) groups is 1. The molecule has 0 spiro atoms. The molecule has 2 fully saturated rings. The van der Waals surface area contributed by atoms with E-state index in [2.05, 4.69) is 15.0 Å². The van der Waals surface area contributed by atoms with E-state index in [9.17, 15) is 4.79 Å². The van der Waals surface area contributed by atoms with E-state index in [0.29, 0.717) is 21.5 Å². The highest BCUT2D eigenvalue weighted by molar-refractivity contribution is 7.22. The molecule has 2 aliphatic rings. The van der Waals surface area contributed by atoms with E-state index in [1.54, 1.807) is 17.4 Å². The van der Waals surface area contributed by atoms with Crippen LogP contribution in [0.4, 0.5) is 5.13 Å². The number of methoxy groups -OCH3 is 1. The van der Waals surface area contributed by atoms with E-state index < -0.39 is 0 Å². The van der Waals surface area contributed by atoms with Gasteiger partial charge in [0.05, 0.1) is 32.9 Å². The lowest BCUT2D eigenvalue weighted by atomic mass is 10.0. The topological polar surface area (TPSA) is 71.7 Å². The molecule has 3 heterocycles. The summed E-state index contributed by atoms with van der Waals surface area (Å²) in [6.07, 6.45) is 3.11. The zero-order valence-electron chi connectivity index (χ0n) is 20.4. The Bertz CT molecular complexity index is 1440. The quantitative estimate of drug-likeness (QED) is 0.248. The first-order valence-corrected chi connectivity index (χ1v) is 14.0. The van der Waals surface area contributed by atoms with Crippen LogP contribution in [0, 0.1) is 0 Å². The number of anilines is 1. The zero-order chi connectivity index (χ0) is 25.5. The maximum absolute atomic E-state index is 11.9. The van der Waals surface area contributed by atoms with Crippen LogP contribution in [0.5, 0.6) is 0 Å². The van der Waals surface area contributed by atoms with E-state index in [1.165, 1.54) is 7.11 Å². The van der Waals surface area contributed by atoms with E-state index in [0.717, 1.165) is 89.9 Å². The van der Waals surface area contributed by atoms with E-state index in [4.69, 9.17) is 37.4 Å². The molecule has 0 N–H and O–H groups in total. The van der Waals surface area contributed by atoms with Crippen LogP contribution < -0.4 is 4.90 Å². The summed E-state index contributed by atoms with van der Waals surface area (Å²) in [4.78, 5) is 21.5. The molecule has 0 atom stereocenters. The molecule has 10 heteroatoms. The molecule has 1 aliphatic carbocycles. The molecule has 2 aromatic carbocycles. The molecule has 1 saturated carbocycles. The number of nitrogens with zero attached hydrogens (tertiary/aromatic N) is 4. The van der Waals surface area contributed by atoms with Gasteiger partial charge in [-0.25, -0.2) is 9.78 Å². The van der Waals surface area contributed by atoms with E-state index in [1.807, 2.05) is 30.3 Å². The van der Waals surface area contributed by atoms with Crippen molar-refractivity contribution < 1.29 is 14.1 Å². The van der Waals surface area contributed by atoms with Crippen molar-refractivity contribution in [3.63, 3.8) is 0 Å². The highest BCUT2D eigenvalue weighted by Crippen LogP contribution is 2.46. The fourth-order valence-electron chi connectivity index (χ4n) is 4.88. The summed E-state index contributed by atoms with van der Waals surface area (Å²) in [6.45, 7) is 4.58. The lowest BCUT2D eigenvalue weighted by Crippen LogP contribution is -2.47. The predicted molar refractivity (Wildman–Crippen MR) is 147 cm³/mol. The molecular weight excluding hydrogens is 531 g/mol. The largest absolute Gasteiger partial charge is 0.465 e. The van der Waals surface area contributed by atoms with Crippen molar-refractivity contribution in [3.8, 4) is 11.3 Å². The van der Waals surface area contributed by atoms with Gasteiger partial charge in [-0.1, -0.05) is 45.8 Å². The molecule has 1 saturated heterocycles. The van der Waals surface area contributed by atoms with Crippen molar-refractivity contribution in [1.29, 1.82) is 0 Å². The fourth-order valence-corrected chi connectivity index (χ4v) is 6.51. The highest BCUT2D eigenvalue weighted by Gasteiger charge is 2.33. The first-order chi connectivity index (χ1) is 18.0. The number of ether oxygens (including phenoxy) is 1. The maximum Gasteiger partial charge on any atom is 0.337 e. The third-order valence-electron chi connectivity index (χ3n) is 7.09. The normalized spacial score (nSPS) is 16.5. The molecule has 7 nitrogen and oxygen atoms in total. The Morgan fingerprint density at radius 1 is 1.14 bits per heavy atom. The average Bonchev–Trinajstić information content (AvgIpc) is 3.53. The lowest BCUT2D eigenvalue weighted by Gasteiger charge is -2.34. The first kappa shape index (κ1) is 24.7. The fraction of sp³-hybridized carbons (Fsp3) is 0.370. The molecular formula is C27H26Cl2N4O3S.